The number of carbonyl (C=O) groups is 2. The average Bonchev–Trinajstić information content (AvgIpc) is 3.49. The number of hydrogen-bond acceptors (Lipinski definition) is 7. The van der Waals surface area contributed by atoms with Gasteiger partial charge in [0.05, 0.1) is 32.2 Å². The molecule has 1 fully saturated rings. The van der Waals surface area contributed by atoms with Crippen LogP contribution in [-0.2, 0) is 9.59 Å². The van der Waals surface area contributed by atoms with Gasteiger partial charge in [0.1, 0.15) is 17.6 Å². The van der Waals surface area contributed by atoms with Crippen molar-refractivity contribution in [2.75, 3.05) is 46.4 Å². The molecular formula is C26H35N5O4. The summed E-state index contributed by atoms with van der Waals surface area (Å²) in [6.07, 6.45) is 2.21. The maximum Gasteiger partial charge on any atom is 0.257 e. The summed E-state index contributed by atoms with van der Waals surface area (Å²) in [7, 11) is 1.63. The van der Waals surface area contributed by atoms with Crippen molar-refractivity contribution in [1.82, 2.24) is 20.1 Å². The third kappa shape index (κ3) is 6.49. The van der Waals surface area contributed by atoms with Gasteiger partial charge < -0.3 is 14.5 Å². The predicted molar refractivity (Wildman–Crippen MR) is 133 cm³/mol. The Labute approximate surface area is 206 Å². The zero-order valence-corrected chi connectivity index (χ0v) is 21.0. The zero-order valence-electron chi connectivity index (χ0n) is 21.0. The summed E-state index contributed by atoms with van der Waals surface area (Å²) in [5, 5.41) is 9.29. The van der Waals surface area contributed by atoms with Crippen LogP contribution < -0.4 is 10.1 Å². The van der Waals surface area contributed by atoms with Crippen molar-refractivity contribution in [2.45, 2.75) is 38.8 Å². The van der Waals surface area contributed by atoms with Gasteiger partial charge in [0.25, 0.3) is 5.91 Å². The molecule has 0 radical (unpaired) electrons. The molecule has 2 amide bonds. The van der Waals surface area contributed by atoms with Crippen LogP contribution in [0.25, 0.3) is 0 Å². The fraction of sp³-hybridized carbons (Fsp3) is 0.500. The van der Waals surface area contributed by atoms with Gasteiger partial charge in [0, 0.05) is 38.1 Å². The standard InChI is InChI=1S/C26H35N5O4/c1-26(2,3)27-24(32)17-29-11-13-30(14-12-29)18-25(33)31-22(23-6-5-15-35-23)16-21(28-31)19-7-9-20(34-4)10-8-19/h5-10,15,22H,11-14,16-18H2,1-4H3,(H,27,32). The van der Waals surface area contributed by atoms with Crippen LogP contribution in [0.15, 0.2) is 52.2 Å². The lowest BCUT2D eigenvalue weighted by molar-refractivity contribution is -0.135. The second-order valence-electron chi connectivity index (χ2n) is 10.1. The summed E-state index contributed by atoms with van der Waals surface area (Å²) in [5.74, 6) is 1.47. The van der Waals surface area contributed by atoms with Crippen LogP contribution in [0.4, 0.5) is 0 Å². The molecule has 35 heavy (non-hydrogen) atoms. The van der Waals surface area contributed by atoms with Crippen LogP contribution in [0.3, 0.4) is 0 Å². The number of benzene rings is 1. The van der Waals surface area contributed by atoms with Crippen molar-refractivity contribution in [3.05, 3.63) is 54.0 Å². The first kappa shape index (κ1) is 24.9. The highest BCUT2D eigenvalue weighted by molar-refractivity contribution is 6.03. The van der Waals surface area contributed by atoms with Crippen molar-refractivity contribution in [3.63, 3.8) is 0 Å². The molecule has 1 aromatic heterocycles. The molecule has 0 bridgehead atoms. The molecule has 0 spiro atoms. The maximum absolute atomic E-state index is 13.4. The second-order valence-corrected chi connectivity index (χ2v) is 10.1. The zero-order chi connectivity index (χ0) is 25.0. The minimum atomic E-state index is -0.267. The third-order valence-electron chi connectivity index (χ3n) is 6.17. The van der Waals surface area contributed by atoms with Gasteiger partial charge in [-0.1, -0.05) is 0 Å². The van der Waals surface area contributed by atoms with Gasteiger partial charge in [0.15, 0.2) is 0 Å². The lowest BCUT2D eigenvalue weighted by Crippen LogP contribution is -2.53. The molecule has 0 saturated carbocycles. The number of carbonyl (C=O) groups excluding carboxylic acids is 2. The van der Waals surface area contributed by atoms with E-state index in [1.54, 1.807) is 18.4 Å². The summed E-state index contributed by atoms with van der Waals surface area (Å²) in [5.41, 5.74) is 1.56. The Morgan fingerprint density at radius 2 is 1.71 bits per heavy atom. The van der Waals surface area contributed by atoms with E-state index in [-0.39, 0.29) is 29.9 Å². The van der Waals surface area contributed by atoms with E-state index in [1.807, 2.05) is 57.2 Å². The minimum Gasteiger partial charge on any atom is -0.497 e. The van der Waals surface area contributed by atoms with Crippen LogP contribution in [0.5, 0.6) is 5.75 Å². The van der Waals surface area contributed by atoms with E-state index in [1.165, 1.54) is 0 Å². The molecule has 2 aliphatic rings. The van der Waals surface area contributed by atoms with Gasteiger partial charge in [-0.05, 0) is 62.7 Å². The van der Waals surface area contributed by atoms with Gasteiger partial charge in [-0.2, -0.15) is 5.10 Å². The monoisotopic (exact) mass is 481 g/mol. The number of amides is 2. The van der Waals surface area contributed by atoms with Crippen LogP contribution in [0.2, 0.25) is 0 Å². The molecule has 9 nitrogen and oxygen atoms in total. The number of piperazine rings is 1. The van der Waals surface area contributed by atoms with Gasteiger partial charge in [0.2, 0.25) is 5.91 Å². The first-order valence-electron chi connectivity index (χ1n) is 12.0. The molecular weight excluding hydrogens is 446 g/mol. The van der Waals surface area contributed by atoms with E-state index in [4.69, 9.17) is 14.3 Å². The number of hydrazone groups is 1. The van der Waals surface area contributed by atoms with Crippen LogP contribution in [0, 0.1) is 0 Å². The molecule has 1 atom stereocenters. The van der Waals surface area contributed by atoms with Crippen molar-refractivity contribution < 1.29 is 18.7 Å². The van der Waals surface area contributed by atoms with Crippen molar-refractivity contribution in [3.8, 4) is 5.75 Å². The Morgan fingerprint density at radius 3 is 2.29 bits per heavy atom. The van der Waals surface area contributed by atoms with Crippen molar-refractivity contribution in [2.24, 2.45) is 5.10 Å². The van der Waals surface area contributed by atoms with E-state index >= 15 is 0 Å². The number of hydrogen-bond donors (Lipinski definition) is 1. The number of nitrogens with zero attached hydrogens (tertiary/aromatic N) is 4. The SMILES string of the molecule is COc1ccc(C2=NN(C(=O)CN3CCN(CC(=O)NC(C)(C)C)CC3)C(c3ccco3)C2)cc1. The number of rotatable bonds is 7. The van der Waals surface area contributed by atoms with E-state index in [0.29, 0.717) is 13.0 Å². The van der Waals surface area contributed by atoms with Crippen LogP contribution >= 0.6 is 0 Å². The smallest absolute Gasteiger partial charge is 0.257 e. The molecule has 3 heterocycles. The lowest BCUT2D eigenvalue weighted by atomic mass is 10.0. The van der Waals surface area contributed by atoms with E-state index in [0.717, 1.165) is 49.0 Å². The molecule has 2 aliphatic heterocycles. The molecule has 1 aromatic carbocycles. The second kappa shape index (κ2) is 10.6. The largest absolute Gasteiger partial charge is 0.497 e. The Balaban J connectivity index is 1.37. The Hall–Kier alpha value is -3.17. The van der Waals surface area contributed by atoms with E-state index in [2.05, 4.69) is 15.1 Å². The highest BCUT2D eigenvalue weighted by Gasteiger charge is 2.35. The third-order valence-corrected chi connectivity index (χ3v) is 6.17. The molecule has 188 valence electrons. The topological polar surface area (TPSA) is 90.6 Å². The lowest BCUT2D eigenvalue weighted by Gasteiger charge is -2.35. The first-order valence-corrected chi connectivity index (χ1v) is 12.0. The van der Waals surface area contributed by atoms with Crippen molar-refractivity contribution in [1.29, 1.82) is 0 Å². The normalized spacial score (nSPS) is 19.5. The molecule has 2 aromatic rings. The fourth-order valence-corrected chi connectivity index (χ4v) is 4.43. The predicted octanol–water partition coefficient (Wildman–Crippen LogP) is 2.50. The summed E-state index contributed by atoms with van der Waals surface area (Å²) >= 11 is 0. The maximum atomic E-state index is 13.4. The quantitative estimate of drug-likeness (QED) is 0.654. The molecule has 0 aliphatic carbocycles. The van der Waals surface area contributed by atoms with Crippen molar-refractivity contribution >= 4 is 17.5 Å². The van der Waals surface area contributed by atoms with E-state index in [9.17, 15) is 9.59 Å². The van der Waals surface area contributed by atoms with E-state index < -0.39 is 0 Å². The van der Waals surface area contributed by atoms with Crippen LogP contribution in [-0.4, -0.2) is 84.3 Å². The van der Waals surface area contributed by atoms with Gasteiger partial charge in [-0.3, -0.25) is 19.4 Å². The van der Waals surface area contributed by atoms with Gasteiger partial charge in [-0.25, -0.2) is 5.01 Å². The first-order chi connectivity index (χ1) is 16.7. The average molecular weight is 482 g/mol. The number of nitrogens with one attached hydrogen (secondary N) is 1. The molecule has 1 unspecified atom stereocenters. The van der Waals surface area contributed by atoms with Crippen LogP contribution in [0.1, 0.15) is 44.6 Å². The molecule has 9 heteroatoms. The number of ether oxygens (including phenoxy) is 1. The Morgan fingerprint density at radius 1 is 1.06 bits per heavy atom. The summed E-state index contributed by atoms with van der Waals surface area (Å²) in [6, 6.07) is 11.2. The van der Waals surface area contributed by atoms with Gasteiger partial charge in [-0.15, -0.1) is 0 Å². The summed E-state index contributed by atoms with van der Waals surface area (Å²) in [6.45, 7) is 9.52. The molecule has 1 N–H and O–H groups in total. The van der Waals surface area contributed by atoms with Gasteiger partial charge >= 0.3 is 0 Å². The highest BCUT2D eigenvalue weighted by Crippen LogP contribution is 2.33. The summed E-state index contributed by atoms with van der Waals surface area (Å²) < 4.78 is 10.9. The number of methoxy groups -OCH3 is 1. The molecule has 4 rings (SSSR count). The fourth-order valence-electron chi connectivity index (χ4n) is 4.43. The Bertz CT molecular complexity index is 1030. The molecule has 1 saturated heterocycles. The Kier molecular flexibility index (Phi) is 7.57. The highest BCUT2D eigenvalue weighted by atomic mass is 16.5. The summed E-state index contributed by atoms with van der Waals surface area (Å²) in [4.78, 5) is 29.8. The number of furan rings is 1. The minimum absolute atomic E-state index is 0.0285.